The first kappa shape index (κ1) is 15.0. The predicted octanol–water partition coefficient (Wildman–Crippen LogP) is 1.71. The van der Waals surface area contributed by atoms with Crippen LogP contribution >= 0.6 is 0 Å². The van der Waals surface area contributed by atoms with E-state index in [0.717, 1.165) is 17.0 Å². The molecule has 2 aromatic heterocycles. The van der Waals surface area contributed by atoms with Gasteiger partial charge in [0.15, 0.2) is 5.65 Å². The van der Waals surface area contributed by atoms with Gasteiger partial charge in [0, 0.05) is 35.1 Å². The van der Waals surface area contributed by atoms with Crippen LogP contribution < -0.4 is 10.9 Å². The number of halogens is 1. The summed E-state index contributed by atoms with van der Waals surface area (Å²) in [4.78, 5) is 27.9. The number of carbonyl (C=O) groups excluding carboxylic acids is 1. The Labute approximate surface area is 131 Å². The number of rotatable bonds is 3. The number of fused-ring (bicyclic) bond motifs is 1. The van der Waals surface area contributed by atoms with Gasteiger partial charge in [-0.15, -0.1) is 0 Å². The molecule has 2 heterocycles. The van der Waals surface area contributed by atoms with Gasteiger partial charge in [-0.05, 0) is 32.0 Å². The highest BCUT2D eigenvalue weighted by atomic mass is 19.1. The maximum Gasteiger partial charge on any atom is 0.266 e. The van der Waals surface area contributed by atoms with Crippen LogP contribution in [0.15, 0.2) is 35.1 Å². The molecule has 23 heavy (non-hydrogen) atoms. The standard InChI is InChI=1S/C16H15FN4O2/c1-9-13(10(2)21-14(19-9)7-15(22)20-21)8-18-16(23)11-4-3-5-12(17)6-11/h3-7H,8H2,1-2H3,(H,18,23)(H,20,22). The van der Waals surface area contributed by atoms with Gasteiger partial charge in [-0.3, -0.25) is 14.7 Å². The first-order valence-electron chi connectivity index (χ1n) is 7.07. The Morgan fingerprint density at radius 3 is 2.87 bits per heavy atom. The summed E-state index contributed by atoms with van der Waals surface area (Å²) < 4.78 is 14.8. The third kappa shape index (κ3) is 2.85. The summed E-state index contributed by atoms with van der Waals surface area (Å²) in [6, 6.07) is 6.91. The minimum Gasteiger partial charge on any atom is -0.348 e. The predicted molar refractivity (Wildman–Crippen MR) is 82.9 cm³/mol. The second-order valence-electron chi connectivity index (χ2n) is 5.27. The van der Waals surface area contributed by atoms with Crippen LogP contribution in [0.3, 0.4) is 0 Å². The average molecular weight is 314 g/mol. The molecule has 0 aliphatic carbocycles. The number of hydrogen-bond acceptors (Lipinski definition) is 3. The highest BCUT2D eigenvalue weighted by Crippen LogP contribution is 2.13. The molecule has 1 amide bonds. The van der Waals surface area contributed by atoms with Gasteiger partial charge < -0.3 is 5.32 Å². The van der Waals surface area contributed by atoms with Gasteiger partial charge in [0.2, 0.25) is 0 Å². The molecular formula is C16H15FN4O2. The Morgan fingerprint density at radius 1 is 1.35 bits per heavy atom. The van der Waals surface area contributed by atoms with Crippen LogP contribution in [-0.2, 0) is 6.54 Å². The van der Waals surface area contributed by atoms with Crippen molar-refractivity contribution in [1.29, 1.82) is 0 Å². The molecular weight excluding hydrogens is 299 g/mol. The van der Waals surface area contributed by atoms with Gasteiger partial charge in [0.1, 0.15) is 5.82 Å². The highest BCUT2D eigenvalue weighted by molar-refractivity contribution is 5.94. The van der Waals surface area contributed by atoms with E-state index in [0.29, 0.717) is 5.65 Å². The van der Waals surface area contributed by atoms with E-state index < -0.39 is 5.82 Å². The van der Waals surface area contributed by atoms with E-state index in [1.165, 1.54) is 24.3 Å². The van der Waals surface area contributed by atoms with Crippen molar-refractivity contribution in [2.24, 2.45) is 0 Å². The highest BCUT2D eigenvalue weighted by Gasteiger charge is 2.12. The molecule has 0 saturated heterocycles. The number of nitrogens with zero attached hydrogens (tertiary/aromatic N) is 2. The number of aromatic nitrogens is 3. The zero-order valence-electron chi connectivity index (χ0n) is 12.7. The smallest absolute Gasteiger partial charge is 0.266 e. The second-order valence-corrected chi connectivity index (χ2v) is 5.27. The lowest BCUT2D eigenvalue weighted by atomic mass is 10.1. The lowest BCUT2D eigenvalue weighted by molar-refractivity contribution is 0.0950. The summed E-state index contributed by atoms with van der Waals surface area (Å²) in [5, 5.41) is 5.40. The Hall–Kier alpha value is -2.96. The molecule has 0 spiro atoms. The van der Waals surface area contributed by atoms with Crippen molar-refractivity contribution in [2.45, 2.75) is 20.4 Å². The molecule has 0 bridgehead atoms. The number of carbonyl (C=O) groups is 1. The van der Waals surface area contributed by atoms with E-state index in [4.69, 9.17) is 0 Å². The van der Waals surface area contributed by atoms with Gasteiger partial charge in [-0.25, -0.2) is 13.9 Å². The fourth-order valence-electron chi connectivity index (χ4n) is 2.51. The number of hydrogen-bond donors (Lipinski definition) is 2. The molecule has 7 heteroatoms. The normalized spacial score (nSPS) is 10.9. The molecule has 3 aromatic rings. The fourth-order valence-corrected chi connectivity index (χ4v) is 2.51. The van der Waals surface area contributed by atoms with Crippen LogP contribution in [0.5, 0.6) is 0 Å². The second kappa shape index (κ2) is 5.68. The third-order valence-corrected chi connectivity index (χ3v) is 3.71. The molecule has 0 saturated carbocycles. The van der Waals surface area contributed by atoms with Crippen LogP contribution in [0, 0.1) is 19.7 Å². The molecule has 0 aliphatic rings. The first-order valence-corrected chi connectivity index (χ1v) is 7.07. The summed E-state index contributed by atoms with van der Waals surface area (Å²) in [6.07, 6.45) is 0. The zero-order chi connectivity index (χ0) is 16.6. The van der Waals surface area contributed by atoms with Gasteiger partial charge in [-0.1, -0.05) is 6.07 Å². The Bertz CT molecular complexity index is 958. The topological polar surface area (TPSA) is 79.3 Å². The number of benzene rings is 1. The van der Waals surface area contributed by atoms with Crippen molar-refractivity contribution in [1.82, 2.24) is 19.9 Å². The summed E-state index contributed by atoms with van der Waals surface area (Å²) in [5.41, 5.74) is 2.86. The SMILES string of the molecule is Cc1nc2cc(=O)[nH]n2c(C)c1CNC(=O)c1cccc(F)c1. The van der Waals surface area contributed by atoms with E-state index in [9.17, 15) is 14.0 Å². The van der Waals surface area contributed by atoms with Crippen molar-refractivity contribution in [3.8, 4) is 0 Å². The Morgan fingerprint density at radius 2 is 2.13 bits per heavy atom. The number of H-pyrrole nitrogens is 1. The first-order chi connectivity index (χ1) is 11.0. The third-order valence-electron chi connectivity index (χ3n) is 3.71. The molecule has 118 valence electrons. The summed E-state index contributed by atoms with van der Waals surface area (Å²) in [6.45, 7) is 3.88. The van der Waals surface area contributed by atoms with E-state index >= 15 is 0 Å². The van der Waals surface area contributed by atoms with Gasteiger partial charge in [-0.2, -0.15) is 0 Å². The summed E-state index contributed by atoms with van der Waals surface area (Å²) in [5.74, 6) is -0.831. The minimum atomic E-state index is -0.460. The van der Waals surface area contributed by atoms with Crippen molar-refractivity contribution >= 4 is 11.6 Å². The number of nitrogens with one attached hydrogen (secondary N) is 2. The van der Waals surface area contributed by atoms with Crippen LogP contribution in [0.2, 0.25) is 0 Å². The lowest BCUT2D eigenvalue weighted by Crippen LogP contribution is -2.24. The molecule has 0 fully saturated rings. The molecule has 0 unspecified atom stereocenters. The molecule has 0 aliphatic heterocycles. The molecule has 1 aromatic carbocycles. The van der Waals surface area contributed by atoms with Crippen LogP contribution in [0.1, 0.15) is 27.3 Å². The van der Waals surface area contributed by atoms with Crippen LogP contribution in [-0.4, -0.2) is 20.5 Å². The maximum absolute atomic E-state index is 13.2. The van der Waals surface area contributed by atoms with Gasteiger partial charge >= 0.3 is 0 Å². The van der Waals surface area contributed by atoms with Crippen molar-refractivity contribution in [3.63, 3.8) is 0 Å². The monoisotopic (exact) mass is 314 g/mol. The van der Waals surface area contributed by atoms with Crippen molar-refractivity contribution in [2.75, 3.05) is 0 Å². The molecule has 0 radical (unpaired) electrons. The van der Waals surface area contributed by atoms with Crippen LogP contribution in [0.25, 0.3) is 5.65 Å². The Balaban J connectivity index is 1.87. The summed E-state index contributed by atoms with van der Waals surface area (Å²) >= 11 is 0. The fraction of sp³-hybridized carbons (Fsp3) is 0.188. The molecule has 3 rings (SSSR count). The lowest BCUT2D eigenvalue weighted by Gasteiger charge is -2.12. The number of amides is 1. The van der Waals surface area contributed by atoms with E-state index in [1.807, 2.05) is 13.8 Å². The molecule has 2 N–H and O–H groups in total. The average Bonchev–Trinajstić information content (AvgIpc) is 2.87. The number of aryl methyl sites for hydroxylation is 2. The zero-order valence-corrected chi connectivity index (χ0v) is 12.7. The number of aromatic amines is 1. The van der Waals surface area contributed by atoms with Crippen molar-refractivity contribution in [3.05, 3.63) is 69.0 Å². The van der Waals surface area contributed by atoms with Crippen LogP contribution in [0.4, 0.5) is 4.39 Å². The van der Waals surface area contributed by atoms with Crippen molar-refractivity contribution < 1.29 is 9.18 Å². The minimum absolute atomic E-state index is 0.232. The Kier molecular flexibility index (Phi) is 3.69. The largest absolute Gasteiger partial charge is 0.348 e. The quantitative estimate of drug-likeness (QED) is 0.772. The van der Waals surface area contributed by atoms with Gasteiger partial charge in [0.25, 0.3) is 11.5 Å². The summed E-state index contributed by atoms with van der Waals surface area (Å²) in [7, 11) is 0. The maximum atomic E-state index is 13.2. The molecule has 6 nitrogen and oxygen atoms in total. The van der Waals surface area contributed by atoms with E-state index in [-0.39, 0.29) is 23.6 Å². The molecule has 0 atom stereocenters. The van der Waals surface area contributed by atoms with E-state index in [1.54, 1.807) is 10.6 Å². The van der Waals surface area contributed by atoms with Gasteiger partial charge in [0.05, 0.1) is 0 Å². The van der Waals surface area contributed by atoms with E-state index in [2.05, 4.69) is 15.4 Å².